The second-order valence-electron chi connectivity index (χ2n) is 6.22. The normalized spacial score (nSPS) is 14.7. The molecular weight excluding hydrogens is 367 g/mol. The van der Waals surface area contributed by atoms with E-state index in [4.69, 9.17) is 4.74 Å². The van der Waals surface area contributed by atoms with Crippen LogP contribution in [0.1, 0.15) is 30.1 Å². The van der Waals surface area contributed by atoms with Gasteiger partial charge in [-0.1, -0.05) is 6.07 Å². The van der Waals surface area contributed by atoms with Gasteiger partial charge < -0.3 is 10.1 Å². The number of nitrogens with one attached hydrogen (secondary N) is 1. The van der Waals surface area contributed by atoms with Gasteiger partial charge in [0.15, 0.2) is 6.10 Å². The summed E-state index contributed by atoms with van der Waals surface area (Å²) < 4.78 is 18.3. The van der Waals surface area contributed by atoms with E-state index >= 15 is 0 Å². The molecule has 0 radical (unpaired) electrons. The van der Waals surface area contributed by atoms with E-state index in [9.17, 15) is 23.6 Å². The average Bonchev–Trinajstić information content (AvgIpc) is 3.00. The van der Waals surface area contributed by atoms with Gasteiger partial charge in [-0.05, 0) is 49.4 Å². The first-order valence-corrected chi connectivity index (χ1v) is 8.58. The summed E-state index contributed by atoms with van der Waals surface area (Å²) in [5, 5.41) is 2.46. The number of nitrogens with zero attached hydrogens (tertiary/aromatic N) is 1. The van der Waals surface area contributed by atoms with Gasteiger partial charge in [0, 0.05) is 18.5 Å². The molecule has 28 heavy (non-hydrogen) atoms. The standard InChI is InChI=1S/C20H17FN2O5/c1-12(19(26)22-15-4-2-3-14(21)11-15)28-20(27)13-5-7-16(8-6-13)23-17(24)9-10-18(23)25/h2-8,11-12H,9-10H2,1H3,(H,22,26)/t12-/m0/s1. The van der Waals surface area contributed by atoms with Crippen LogP contribution < -0.4 is 10.2 Å². The van der Waals surface area contributed by atoms with Crippen LogP contribution in [-0.4, -0.2) is 29.8 Å². The Kier molecular flexibility index (Phi) is 5.49. The third-order valence-corrected chi connectivity index (χ3v) is 4.16. The SMILES string of the molecule is C[C@H](OC(=O)c1ccc(N2C(=O)CCC2=O)cc1)C(=O)Nc1cccc(F)c1. The van der Waals surface area contributed by atoms with E-state index in [1.165, 1.54) is 49.4 Å². The Labute approximate surface area is 160 Å². The van der Waals surface area contributed by atoms with Crippen molar-refractivity contribution in [2.75, 3.05) is 10.2 Å². The molecule has 7 nitrogen and oxygen atoms in total. The number of rotatable bonds is 5. The molecule has 1 fully saturated rings. The third-order valence-electron chi connectivity index (χ3n) is 4.16. The van der Waals surface area contributed by atoms with Crippen LogP contribution in [0.5, 0.6) is 0 Å². The number of anilines is 2. The summed E-state index contributed by atoms with van der Waals surface area (Å²) in [5.74, 6) is -2.43. The van der Waals surface area contributed by atoms with Gasteiger partial charge in [-0.15, -0.1) is 0 Å². The first-order chi connectivity index (χ1) is 13.3. The molecule has 3 amide bonds. The van der Waals surface area contributed by atoms with E-state index in [1.807, 2.05) is 0 Å². The van der Waals surface area contributed by atoms with Crippen molar-refractivity contribution in [3.63, 3.8) is 0 Å². The lowest BCUT2D eigenvalue weighted by Crippen LogP contribution is -2.30. The third kappa shape index (κ3) is 4.22. The smallest absolute Gasteiger partial charge is 0.338 e. The number of amides is 3. The minimum Gasteiger partial charge on any atom is -0.449 e. The minimum absolute atomic E-state index is 0.160. The maximum absolute atomic E-state index is 13.2. The van der Waals surface area contributed by atoms with Crippen LogP contribution in [-0.2, 0) is 19.1 Å². The molecule has 1 heterocycles. The first kappa shape index (κ1) is 19.2. The summed E-state index contributed by atoms with van der Waals surface area (Å²) in [5.41, 5.74) is 0.784. The summed E-state index contributed by atoms with van der Waals surface area (Å²) in [6.07, 6.45) is -0.779. The van der Waals surface area contributed by atoms with Crippen LogP contribution in [0.3, 0.4) is 0 Å². The van der Waals surface area contributed by atoms with Crippen molar-refractivity contribution in [1.82, 2.24) is 0 Å². The molecule has 1 aliphatic heterocycles. The molecule has 144 valence electrons. The topological polar surface area (TPSA) is 92.8 Å². The fourth-order valence-electron chi connectivity index (χ4n) is 2.70. The maximum Gasteiger partial charge on any atom is 0.338 e. The van der Waals surface area contributed by atoms with E-state index in [-0.39, 0.29) is 35.9 Å². The largest absolute Gasteiger partial charge is 0.449 e. The van der Waals surface area contributed by atoms with Gasteiger partial charge in [0.1, 0.15) is 5.82 Å². The molecule has 0 aromatic heterocycles. The van der Waals surface area contributed by atoms with Crippen LogP contribution in [0, 0.1) is 5.82 Å². The predicted molar refractivity (Wildman–Crippen MR) is 98.1 cm³/mol. The van der Waals surface area contributed by atoms with Crippen LogP contribution in [0.4, 0.5) is 15.8 Å². The van der Waals surface area contributed by atoms with Crippen LogP contribution in [0.2, 0.25) is 0 Å². The quantitative estimate of drug-likeness (QED) is 0.632. The monoisotopic (exact) mass is 384 g/mol. The first-order valence-electron chi connectivity index (χ1n) is 8.58. The Balaban J connectivity index is 1.61. The summed E-state index contributed by atoms with van der Waals surface area (Å²) in [6.45, 7) is 1.39. The number of carbonyl (C=O) groups excluding carboxylic acids is 4. The molecule has 1 N–H and O–H groups in total. The highest BCUT2D eigenvalue weighted by Gasteiger charge is 2.30. The van der Waals surface area contributed by atoms with Crippen molar-refractivity contribution in [3.8, 4) is 0 Å². The average molecular weight is 384 g/mol. The number of carbonyl (C=O) groups is 4. The van der Waals surface area contributed by atoms with E-state index in [1.54, 1.807) is 0 Å². The lowest BCUT2D eigenvalue weighted by atomic mass is 10.2. The van der Waals surface area contributed by atoms with Crippen molar-refractivity contribution in [3.05, 3.63) is 59.9 Å². The van der Waals surface area contributed by atoms with Gasteiger partial charge in [0.05, 0.1) is 11.3 Å². The van der Waals surface area contributed by atoms with Crippen LogP contribution >= 0.6 is 0 Å². The molecule has 0 aliphatic carbocycles. The number of hydrogen-bond donors (Lipinski definition) is 1. The van der Waals surface area contributed by atoms with Crippen molar-refractivity contribution in [1.29, 1.82) is 0 Å². The van der Waals surface area contributed by atoms with Crippen molar-refractivity contribution >= 4 is 35.1 Å². The molecule has 1 aliphatic rings. The molecule has 1 saturated heterocycles. The van der Waals surface area contributed by atoms with Gasteiger partial charge in [-0.25, -0.2) is 9.18 Å². The highest BCUT2D eigenvalue weighted by atomic mass is 19.1. The van der Waals surface area contributed by atoms with Gasteiger partial charge in [0.25, 0.3) is 5.91 Å². The molecule has 3 rings (SSSR count). The number of esters is 1. The van der Waals surface area contributed by atoms with Gasteiger partial charge in [-0.3, -0.25) is 19.3 Å². The van der Waals surface area contributed by atoms with Gasteiger partial charge >= 0.3 is 5.97 Å². The van der Waals surface area contributed by atoms with Crippen LogP contribution in [0.15, 0.2) is 48.5 Å². The van der Waals surface area contributed by atoms with E-state index in [0.29, 0.717) is 5.69 Å². The summed E-state index contributed by atoms with van der Waals surface area (Å²) in [6, 6.07) is 11.1. The molecular formula is C20H17FN2O5. The summed E-state index contributed by atoms with van der Waals surface area (Å²) >= 11 is 0. The van der Waals surface area contributed by atoms with Gasteiger partial charge in [-0.2, -0.15) is 0 Å². The Morgan fingerprint density at radius 1 is 1.07 bits per heavy atom. The molecule has 0 bridgehead atoms. The van der Waals surface area contributed by atoms with E-state index in [2.05, 4.69) is 5.32 Å². The molecule has 8 heteroatoms. The highest BCUT2D eigenvalue weighted by molar-refractivity contribution is 6.19. The molecule has 2 aromatic carbocycles. The van der Waals surface area contributed by atoms with Crippen molar-refractivity contribution in [2.45, 2.75) is 25.9 Å². The van der Waals surface area contributed by atoms with Crippen molar-refractivity contribution in [2.24, 2.45) is 0 Å². The second kappa shape index (κ2) is 7.99. The summed E-state index contributed by atoms with van der Waals surface area (Å²) in [7, 11) is 0. The Hall–Kier alpha value is -3.55. The lowest BCUT2D eigenvalue weighted by Gasteiger charge is -2.15. The molecule has 1 atom stereocenters. The Bertz CT molecular complexity index is 926. The van der Waals surface area contributed by atoms with Crippen molar-refractivity contribution < 1.29 is 28.3 Å². The molecule has 0 unspecified atom stereocenters. The maximum atomic E-state index is 13.2. The predicted octanol–water partition coefficient (Wildman–Crippen LogP) is 2.66. The molecule has 0 spiro atoms. The Morgan fingerprint density at radius 2 is 1.71 bits per heavy atom. The number of ether oxygens (including phenoxy) is 1. The number of halogens is 1. The number of imide groups is 1. The fourth-order valence-corrected chi connectivity index (χ4v) is 2.70. The zero-order valence-corrected chi connectivity index (χ0v) is 15.0. The second-order valence-corrected chi connectivity index (χ2v) is 6.22. The fraction of sp³-hybridized carbons (Fsp3) is 0.200. The zero-order valence-electron chi connectivity index (χ0n) is 15.0. The van der Waals surface area contributed by atoms with E-state index < -0.39 is 23.8 Å². The van der Waals surface area contributed by atoms with Crippen LogP contribution in [0.25, 0.3) is 0 Å². The van der Waals surface area contributed by atoms with Gasteiger partial charge in [0.2, 0.25) is 11.8 Å². The lowest BCUT2D eigenvalue weighted by molar-refractivity contribution is -0.124. The molecule has 2 aromatic rings. The number of benzene rings is 2. The summed E-state index contributed by atoms with van der Waals surface area (Å²) in [4.78, 5) is 48.9. The Morgan fingerprint density at radius 3 is 2.32 bits per heavy atom. The number of hydrogen-bond acceptors (Lipinski definition) is 5. The van der Waals surface area contributed by atoms with E-state index in [0.717, 1.165) is 11.0 Å². The molecule has 0 saturated carbocycles. The minimum atomic E-state index is -1.11. The highest BCUT2D eigenvalue weighted by Crippen LogP contribution is 2.23. The zero-order chi connectivity index (χ0) is 20.3.